The van der Waals surface area contributed by atoms with Gasteiger partial charge in [-0.25, -0.2) is 0 Å². The zero-order valence-electron chi connectivity index (χ0n) is 11.9. The molecular formula is C12H25N5S. The molecule has 1 N–H and O–H groups in total. The van der Waals surface area contributed by atoms with Gasteiger partial charge in [0.15, 0.2) is 5.82 Å². The van der Waals surface area contributed by atoms with Gasteiger partial charge in [-0.2, -0.15) is 16.6 Å². The molecule has 0 aliphatic rings. The zero-order chi connectivity index (χ0) is 13.4. The van der Waals surface area contributed by atoms with Gasteiger partial charge in [0.2, 0.25) is 0 Å². The van der Waals surface area contributed by atoms with Gasteiger partial charge in [0.1, 0.15) is 0 Å². The molecule has 2 atom stereocenters. The lowest BCUT2D eigenvalue weighted by molar-refractivity contribution is 0.536. The summed E-state index contributed by atoms with van der Waals surface area (Å²) < 4.78 is 0. The highest BCUT2D eigenvalue weighted by molar-refractivity contribution is 7.99. The number of nitrogens with one attached hydrogen (secondary N) is 1. The normalized spacial score (nSPS) is 14.7. The lowest BCUT2D eigenvalue weighted by Gasteiger charge is -2.18. The molecule has 18 heavy (non-hydrogen) atoms. The van der Waals surface area contributed by atoms with Crippen LogP contribution < -0.4 is 5.32 Å². The standard InChI is InChI=1S/C12H25N5S/c1-5-7-13-11(9-18-10(3)6-2)8-12-14-16-17(4)15-12/h10-11,13H,5-9H2,1-4H3. The van der Waals surface area contributed by atoms with Gasteiger partial charge in [0.25, 0.3) is 0 Å². The van der Waals surface area contributed by atoms with Crippen molar-refractivity contribution in [2.24, 2.45) is 7.05 Å². The Morgan fingerprint density at radius 3 is 2.72 bits per heavy atom. The molecular weight excluding hydrogens is 246 g/mol. The minimum atomic E-state index is 0.438. The third-order valence-electron chi connectivity index (χ3n) is 2.82. The first kappa shape index (κ1) is 15.4. The molecule has 0 amide bonds. The van der Waals surface area contributed by atoms with Crippen LogP contribution in [0.1, 0.15) is 39.4 Å². The van der Waals surface area contributed by atoms with E-state index in [0.29, 0.717) is 11.3 Å². The molecule has 0 saturated carbocycles. The molecule has 0 aliphatic carbocycles. The van der Waals surface area contributed by atoms with E-state index in [0.717, 1.165) is 31.0 Å². The van der Waals surface area contributed by atoms with Crippen LogP contribution in [0.2, 0.25) is 0 Å². The maximum Gasteiger partial charge on any atom is 0.176 e. The van der Waals surface area contributed by atoms with Crippen molar-refractivity contribution < 1.29 is 0 Å². The van der Waals surface area contributed by atoms with Crippen molar-refractivity contribution >= 4 is 11.8 Å². The third kappa shape index (κ3) is 5.82. The number of aryl methyl sites for hydroxylation is 1. The summed E-state index contributed by atoms with van der Waals surface area (Å²) in [4.78, 5) is 1.52. The number of hydrogen-bond donors (Lipinski definition) is 1. The Labute approximate surface area is 114 Å². The molecule has 0 saturated heterocycles. The largest absolute Gasteiger partial charge is 0.313 e. The molecule has 0 aliphatic heterocycles. The van der Waals surface area contributed by atoms with Crippen molar-refractivity contribution in [3.05, 3.63) is 5.82 Å². The first-order valence-corrected chi connectivity index (χ1v) is 7.78. The minimum Gasteiger partial charge on any atom is -0.313 e. The van der Waals surface area contributed by atoms with Crippen molar-refractivity contribution in [1.29, 1.82) is 0 Å². The summed E-state index contributed by atoms with van der Waals surface area (Å²) in [5.74, 6) is 1.93. The highest BCUT2D eigenvalue weighted by atomic mass is 32.2. The van der Waals surface area contributed by atoms with Gasteiger partial charge >= 0.3 is 0 Å². The molecule has 0 radical (unpaired) electrons. The number of rotatable bonds is 9. The van der Waals surface area contributed by atoms with Crippen LogP contribution in [0.25, 0.3) is 0 Å². The van der Waals surface area contributed by atoms with Crippen molar-refractivity contribution in [2.75, 3.05) is 12.3 Å². The molecule has 0 aromatic carbocycles. The smallest absolute Gasteiger partial charge is 0.176 e. The lowest BCUT2D eigenvalue weighted by Crippen LogP contribution is -2.35. The molecule has 1 aromatic rings. The fraction of sp³-hybridized carbons (Fsp3) is 0.917. The second kappa shape index (κ2) is 8.48. The van der Waals surface area contributed by atoms with Crippen LogP contribution in [0.15, 0.2) is 0 Å². The van der Waals surface area contributed by atoms with Gasteiger partial charge in [-0.15, -0.1) is 10.2 Å². The van der Waals surface area contributed by atoms with Gasteiger partial charge in [-0.3, -0.25) is 0 Å². The molecule has 5 nitrogen and oxygen atoms in total. The summed E-state index contributed by atoms with van der Waals surface area (Å²) in [5, 5.41) is 16.5. The number of nitrogens with zero attached hydrogens (tertiary/aromatic N) is 4. The molecule has 1 rings (SSSR count). The topological polar surface area (TPSA) is 55.6 Å². The second-order valence-electron chi connectivity index (χ2n) is 4.60. The molecule has 1 heterocycles. The van der Waals surface area contributed by atoms with E-state index in [9.17, 15) is 0 Å². The molecule has 104 valence electrons. The molecule has 2 unspecified atom stereocenters. The number of aromatic nitrogens is 4. The summed E-state index contributed by atoms with van der Waals surface area (Å²) in [5.41, 5.74) is 0. The van der Waals surface area contributed by atoms with Gasteiger partial charge in [-0.1, -0.05) is 20.8 Å². The predicted octanol–water partition coefficient (Wildman–Crippen LogP) is 1.65. The quantitative estimate of drug-likeness (QED) is 0.740. The van der Waals surface area contributed by atoms with Crippen LogP contribution >= 0.6 is 11.8 Å². The van der Waals surface area contributed by atoms with Gasteiger partial charge in [0.05, 0.1) is 7.05 Å². The Balaban J connectivity index is 2.44. The van der Waals surface area contributed by atoms with E-state index in [4.69, 9.17) is 0 Å². The minimum absolute atomic E-state index is 0.438. The Morgan fingerprint density at radius 1 is 1.39 bits per heavy atom. The molecule has 6 heteroatoms. The van der Waals surface area contributed by atoms with E-state index in [1.165, 1.54) is 11.2 Å². The zero-order valence-corrected chi connectivity index (χ0v) is 12.7. The number of thioether (sulfide) groups is 1. The summed E-state index contributed by atoms with van der Waals surface area (Å²) in [7, 11) is 1.80. The van der Waals surface area contributed by atoms with Crippen LogP contribution in [0.4, 0.5) is 0 Å². The Bertz CT molecular complexity index is 328. The Kier molecular flexibility index (Phi) is 7.27. The van der Waals surface area contributed by atoms with E-state index in [2.05, 4.69) is 41.5 Å². The van der Waals surface area contributed by atoms with Crippen molar-refractivity contribution in [3.8, 4) is 0 Å². The third-order valence-corrected chi connectivity index (χ3v) is 4.32. The summed E-state index contributed by atoms with van der Waals surface area (Å²) in [6, 6.07) is 0.438. The monoisotopic (exact) mass is 271 g/mol. The summed E-state index contributed by atoms with van der Waals surface area (Å²) >= 11 is 2.02. The average molecular weight is 271 g/mol. The van der Waals surface area contributed by atoms with Crippen LogP contribution in [0.3, 0.4) is 0 Å². The maximum absolute atomic E-state index is 4.25. The average Bonchev–Trinajstić information content (AvgIpc) is 2.77. The van der Waals surface area contributed by atoms with Crippen LogP contribution in [-0.4, -0.2) is 43.8 Å². The predicted molar refractivity (Wildman–Crippen MR) is 76.8 cm³/mol. The van der Waals surface area contributed by atoms with Gasteiger partial charge < -0.3 is 5.32 Å². The van der Waals surface area contributed by atoms with E-state index < -0.39 is 0 Å². The van der Waals surface area contributed by atoms with Crippen LogP contribution in [-0.2, 0) is 13.5 Å². The SMILES string of the molecule is CCCNC(CSC(C)CC)Cc1nnn(C)n1. The number of hydrogen-bond acceptors (Lipinski definition) is 5. The van der Waals surface area contributed by atoms with E-state index in [1.54, 1.807) is 7.05 Å². The fourth-order valence-corrected chi connectivity index (χ4v) is 2.59. The molecule has 0 spiro atoms. The molecule has 0 bridgehead atoms. The highest BCUT2D eigenvalue weighted by Gasteiger charge is 2.13. The first-order chi connectivity index (χ1) is 8.65. The van der Waals surface area contributed by atoms with E-state index >= 15 is 0 Å². The van der Waals surface area contributed by atoms with Crippen molar-refractivity contribution in [2.45, 2.75) is 51.3 Å². The van der Waals surface area contributed by atoms with Crippen LogP contribution in [0, 0.1) is 0 Å². The Hall–Kier alpha value is -0.620. The first-order valence-electron chi connectivity index (χ1n) is 6.73. The lowest BCUT2D eigenvalue weighted by atomic mass is 10.2. The summed E-state index contributed by atoms with van der Waals surface area (Å²) in [6.07, 6.45) is 3.23. The summed E-state index contributed by atoms with van der Waals surface area (Å²) in [6.45, 7) is 7.75. The fourth-order valence-electron chi connectivity index (χ4n) is 1.56. The number of tetrazole rings is 1. The maximum atomic E-state index is 4.25. The van der Waals surface area contributed by atoms with E-state index in [1.807, 2.05) is 11.8 Å². The van der Waals surface area contributed by atoms with Crippen molar-refractivity contribution in [3.63, 3.8) is 0 Å². The highest BCUT2D eigenvalue weighted by Crippen LogP contribution is 2.15. The van der Waals surface area contributed by atoms with E-state index in [-0.39, 0.29) is 0 Å². The molecule has 1 aromatic heterocycles. The second-order valence-corrected chi connectivity index (χ2v) is 6.07. The van der Waals surface area contributed by atoms with Gasteiger partial charge in [0, 0.05) is 23.5 Å². The van der Waals surface area contributed by atoms with Crippen molar-refractivity contribution in [1.82, 2.24) is 25.5 Å². The van der Waals surface area contributed by atoms with Crippen LogP contribution in [0.5, 0.6) is 0 Å². The molecule has 0 fully saturated rings. The van der Waals surface area contributed by atoms with Gasteiger partial charge in [-0.05, 0) is 24.6 Å². The Morgan fingerprint density at radius 2 is 2.17 bits per heavy atom.